The first-order valence-corrected chi connectivity index (χ1v) is 13.8. The minimum Gasteiger partial charge on any atom is -0.512 e. The Morgan fingerprint density at radius 1 is 1.14 bits per heavy atom. The second-order valence-corrected chi connectivity index (χ2v) is 12.1. The zero-order valence-electron chi connectivity index (χ0n) is 21.5. The number of hydrogen-bond acceptors (Lipinski definition) is 7. The van der Waals surface area contributed by atoms with E-state index in [-0.39, 0.29) is 10.8 Å². The van der Waals surface area contributed by atoms with Crippen molar-refractivity contribution in [2.24, 2.45) is 5.41 Å². The van der Waals surface area contributed by atoms with Crippen LogP contribution in [0.15, 0.2) is 59.0 Å². The molecule has 9 heteroatoms. The molecule has 8 nitrogen and oxygen atoms in total. The summed E-state index contributed by atoms with van der Waals surface area (Å²) in [5, 5.41) is 10.7. The molecule has 1 aliphatic heterocycles. The molecule has 3 rings (SSSR count). The maximum atomic E-state index is 12.9. The molecular formula is C27H37N3O5S. The predicted octanol–water partition coefficient (Wildman–Crippen LogP) is 5.52. The molecule has 0 saturated heterocycles. The fourth-order valence-corrected chi connectivity index (χ4v) is 5.89. The molecule has 4 N–H and O–H groups in total. The van der Waals surface area contributed by atoms with E-state index in [1.54, 1.807) is 18.2 Å². The lowest BCUT2D eigenvalue weighted by atomic mass is 9.77. The minimum atomic E-state index is -3.87. The van der Waals surface area contributed by atoms with Crippen molar-refractivity contribution in [2.45, 2.75) is 83.3 Å². The number of ether oxygens (including phenoxy) is 1. The van der Waals surface area contributed by atoms with Crippen LogP contribution in [0.3, 0.4) is 0 Å². The molecule has 0 atom stereocenters. The summed E-state index contributed by atoms with van der Waals surface area (Å²) in [5.41, 5.74) is 6.59. The number of pyridine rings is 1. The van der Waals surface area contributed by atoms with Crippen molar-refractivity contribution in [1.29, 1.82) is 0 Å². The number of aromatic nitrogens is 1. The second-order valence-electron chi connectivity index (χ2n) is 10.4. The highest BCUT2D eigenvalue weighted by Gasteiger charge is 2.41. The zero-order chi connectivity index (χ0) is 26.6. The number of nitrogens with two attached hydrogens (primary N) is 1. The monoisotopic (exact) mass is 515 g/mol. The summed E-state index contributed by atoms with van der Waals surface area (Å²) in [4.78, 5) is 16.8. The van der Waals surface area contributed by atoms with E-state index in [4.69, 9.17) is 10.5 Å². The van der Waals surface area contributed by atoms with Crippen LogP contribution in [0.5, 0.6) is 0 Å². The van der Waals surface area contributed by atoms with Crippen molar-refractivity contribution in [3.05, 3.63) is 59.5 Å². The number of esters is 1. The number of aliphatic hydroxyl groups is 1. The molecule has 0 aliphatic carbocycles. The van der Waals surface area contributed by atoms with Gasteiger partial charge in [0.05, 0.1) is 17.5 Å². The van der Waals surface area contributed by atoms with Crippen LogP contribution in [0.1, 0.15) is 71.8 Å². The number of carbonyl (C=O) groups is 1. The lowest BCUT2D eigenvalue weighted by Gasteiger charge is -2.38. The fourth-order valence-electron chi connectivity index (χ4n) is 4.91. The number of anilines is 2. The summed E-state index contributed by atoms with van der Waals surface area (Å²) in [6.07, 6.45) is 5.74. The van der Waals surface area contributed by atoms with Gasteiger partial charge in [0.2, 0.25) is 0 Å². The standard InChI is InChI=1S/C27H37N3O5S/c1-5-12-27(13-6-2)17-23(31)22(25(32)35-27)16-26(3,4)15-19-8-7-9-21(14-19)30-36(33,34)24-11-10-20(28)18-29-24/h7-11,14,18,30-31H,5-6,12-13,15-17,28H2,1-4H3. The Kier molecular flexibility index (Phi) is 8.33. The highest BCUT2D eigenvalue weighted by molar-refractivity contribution is 7.92. The largest absolute Gasteiger partial charge is 0.512 e. The Morgan fingerprint density at radius 2 is 1.83 bits per heavy atom. The van der Waals surface area contributed by atoms with Gasteiger partial charge in [-0.2, -0.15) is 8.42 Å². The van der Waals surface area contributed by atoms with Crippen LogP contribution in [0.25, 0.3) is 0 Å². The molecule has 0 amide bonds. The number of cyclic esters (lactones) is 1. The van der Waals surface area contributed by atoms with E-state index in [0.717, 1.165) is 31.2 Å². The number of sulfonamides is 1. The summed E-state index contributed by atoms with van der Waals surface area (Å²) >= 11 is 0. The molecule has 0 spiro atoms. The Balaban J connectivity index is 1.74. The second kappa shape index (κ2) is 10.9. The van der Waals surface area contributed by atoms with Crippen molar-refractivity contribution >= 4 is 27.4 Å². The predicted molar refractivity (Wildman–Crippen MR) is 141 cm³/mol. The lowest BCUT2D eigenvalue weighted by Crippen LogP contribution is -2.41. The molecule has 1 aliphatic rings. The van der Waals surface area contributed by atoms with E-state index < -0.39 is 27.0 Å². The molecule has 36 heavy (non-hydrogen) atoms. The number of rotatable bonds is 11. The number of benzene rings is 1. The molecule has 2 heterocycles. The summed E-state index contributed by atoms with van der Waals surface area (Å²) in [6.45, 7) is 8.11. The summed E-state index contributed by atoms with van der Waals surface area (Å²) in [5.74, 6) is -0.315. The number of nitrogen functional groups attached to an aromatic ring is 1. The molecule has 0 fully saturated rings. The third-order valence-corrected chi connectivity index (χ3v) is 7.65. The Morgan fingerprint density at radius 3 is 2.42 bits per heavy atom. The lowest BCUT2D eigenvalue weighted by molar-refractivity contribution is -0.161. The average Bonchev–Trinajstić information content (AvgIpc) is 2.77. The smallest absolute Gasteiger partial charge is 0.337 e. The first kappa shape index (κ1) is 27.5. The quantitative estimate of drug-likeness (QED) is 0.336. The SMILES string of the molecule is CCCC1(CCC)CC(O)=C(CC(C)(C)Cc2cccc(NS(=O)(=O)c3ccc(N)cn3)c2)C(=O)O1. The van der Waals surface area contributed by atoms with Gasteiger partial charge in [-0.1, -0.05) is 52.7 Å². The number of aliphatic hydroxyl groups excluding tert-OH is 1. The number of carbonyl (C=O) groups excluding carboxylic acids is 1. The van der Waals surface area contributed by atoms with E-state index >= 15 is 0 Å². The Labute approximate surface area is 214 Å². The van der Waals surface area contributed by atoms with E-state index in [9.17, 15) is 18.3 Å². The van der Waals surface area contributed by atoms with E-state index in [2.05, 4.69) is 9.71 Å². The maximum Gasteiger partial charge on any atom is 0.337 e. The van der Waals surface area contributed by atoms with Crippen molar-refractivity contribution in [3.63, 3.8) is 0 Å². The van der Waals surface area contributed by atoms with E-state index in [0.29, 0.717) is 36.2 Å². The van der Waals surface area contributed by atoms with Crippen LogP contribution >= 0.6 is 0 Å². The zero-order valence-corrected chi connectivity index (χ0v) is 22.3. The van der Waals surface area contributed by atoms with Crippen molar-refractivity contribution in [2.75, 3.05) is 10.5 Å². The molecule has 0 radical (unpaired) electrons. The summed E-state index contributed by atoms with van der Waals surface area (Å²) < 4.78 is 33.8. The molecule has 0 saturated carbocycles. The fraction of sp³-hybridized carbons (Fsp3) is 0.481. The molecule has 1 aromatic carbocycles. The average molecular weight is 516 g/mol. The summed E-state index contributed by atoms with van der Waals surface area (Å²) in [6, 6.07) is 9.94. The number of nitrogens with one attached hydrogen (secondary N) is 1. The van der Waals surface area contributed by atoms with E-state index in [1.807, 2.05) is 33.8 Å². The van der Waals surface area contributed by atoms with Crippen molar-refractivity contribution in [3.8, 4) is 0 Å². The normalized spacial score (nSPS) is 16.1. The van der Waals surface area contributed by atoms with Crippen molar-refractivity contribution in [1.82, 2.24) is 4.98 Å². The van der Waals surface area contributed by atoms with Crippen LogP contribution < -0.4 is 10.5 Å². The first-order chi connectivity index (χ1) is 16.9. The third kappa shape index (κ3) is 6.78. The molecule has 0 bridgehead atoms. The summed E-state index contributed by atoms with van der Waals surface area (Å²) in [7, 11) is -3.87. The number of nitrogens with zero attached hydrogens (tertiary/aromatic N) is 1. The van der Waals surface area contributed by atoms with Gasteiger partial charge in [-0.05, 0) is 60.9 Å². The molecule has 0 unspecified atom stereocenters. The Bertz CT molecular complexity index is 1210. The highest BCUT2D eigenvalue weighted by Crippen LogP contribution is 2.40. The van der Waals surface area contributed by atoms with Crippen molar-refractivity contribution < 1.29 is 23.1 Å². The van der Waals surface area contributed by atoms with Crippen LogP contribution in [0.2, 0.25) is 0 Å². The van der Waals surface area contributed by atoms with Gasteiger partial charge < -0.3 is 15.6 Å². The van der Waals surface area contributed by atoms with Gasteiger partial charge in [0.25, 0.3) is 10.0 Å². The van der Waals surface area contributed by atoms with Gasteiger partial charge in [-0.25, -0.2) is 9.78 Å². The minimum absolute atomic E-state index is 0.122. The number of hydrogen-bond donors (Lipinski definition) is 3. The topological polar surface area (TPSA) is 132 Å². The van der Waals surface area contributed by atoms with Gasteiger partial charge in [-0.15, -0.1) is 0 Å². The Hall–Kier alpha value is -3.07. The van der Waals surface area contributed by atoms with Gasteiger partial charge in [0.1, 0.15) is 11.4 Å². The maximum absolute atomic E-state index is 12.9. The van der Waals surface area contributed by atoms with Gasteiger partial charge in [-0.3, -0.25) is 4.72 Å². The molecule has 1 aromatic heterocycles. The van der Waals surface area contributed by atoms with E-state index in [1.165, 1.54) is 18.3 Å². The van der Waals surface area contributed by atoms with Gasteiger partial charge in [0, 0.05) is 12.1 Å². The van der Waals surface area contributed by atoms with Crippen LogP contribution in [0, 0.1) is 5.41 Å². The van der Waals surface area contributed by atoms with Crippen LogP contribution in [-0.4, -0.2) is 30.1 Å². The van der Waals surface area contributed by atoms with Crippen LogP contribution in [-0.2, 0) is 26.0 Å². The highest BCUT2D eigenvalue weighted by atomic mass is 32.2. The molecule has 196 valence electrons. The molecular weight excluding hydrogens is 478 g/mol. The molecule has 2 aromatic rings. The first-order valence-electron chi connectivity index (χ1n) is 12.4. The van der Waals surface area contributed by atoms with Crippen LogP contribution in [0.4, 0.5) is 11.4 Å². The van der Waals surface area contributed by atoms with Gasteiger partial charge >= 0.3 is 5.97 Å². The van der Waals surface area contributed by atoms with Gasteiger partial charge in [0.15, 0.2) is 5.03 Å². The third-order valence-electron chi connectivity index (χ3n) is 6.36.